The number of rotatable bonds is 5. The van der Waals surface area contributed by atoms with E-state index in [1.807, 2.05) is 0 Å². The van der Waals surface area contributed by atoms with Crippen LogP contribution in [0.15, 0.2) is 12.3 Å². The van der Waals surface area contributed by atoms with E-state index in [0.29, 0.717) is 5.56 Å². The molecule has 0 fully saturated rings. The first kappa shape index (κ1) is 13.9. The highest BCUT2D eigenvalue weighted by Crippen LogP contribution is 2.23. The van der Waals surface area contributed by atoms with Crippen molar-refractivity contribution in [3.8, 4) is 0 Å². The van der Waals surface area contributed by atoms with Crippen molar-refractivity contribution >= 4 is 17.6 Å². The van der Waals surface area contributed by atoms with Gasteiger partial charge in [0.05, 0.1) is 6.10 Å². The number of aliphatic hydroxyl groups excluding tert-OH is 2. The third-order valence-electron chi connectivity index (χ3n) is 2.34. The first-order valence-corrected chi connectivity index (χ1v) is 5.62. The number of hydrogen-bond donors (Lipinski definition) is 3. The maximum absolute atomic E-state index is 10.9. The second-order valence-corrected chi connectivity index (χ2v) is 4.12. The molecule has 0 saturated carbocycles. The van der Waals surface area contributed by atoms with Crippen molar-refractivity contribution in [2.24, 2.45) is 0 Å². The van der Waals surface area contributed by atoms with Gasteiger partial charge in [0.15, 0.2) is 5.69 Å². The van der Waals surface area contributed by atoms with Gasteiger partial charge in [0, 0.05) is 17.6 Å². The van der Waals surface area contributed by atoms with Crippen molar-refractivity contribution in [2.45, 2.75) is 25.6 Å². The molecular weight excluding hydrogens is 246 g/mol. The van der Waals surface area contributed by atoms with Gasteiger partial charge in [0.2, 0.25) is 0 Å². The molecule has 6 heteroatoms. The lowest BCUT2D eigenvalue weighted by atomic mass is 9.99. The molecule has 0 amide bonds. The minimum Gasteiger partial charge on any atom is -0.477 e. The van der Waals surface area contributed by atoms with Gasteiger partial charge in [-0.05, 0) is 25.0 Å². The molecule has 0 spiro atoms. The Morgan fingerprint density at radius 2 is 2.18 bits per heavy atom. The molecule has 94 valence electrons. The Bertz CT molecular complexity index is 410. The van der Waals surface area contributed by atoms with E-state index in [-0.39, 0.29) is 23.6 Å². The van der Waals surface area contributed by atoms with Crippen LogP contribution in [0.3, 0.4) is 0 Å². The zero-order valence-electron chi connectivity index (χ0n) is 9.30. The van der Waals surface area contributed by atoms with E-state index in [4.69, 9.17) is 16.7 Å². The number of nitrogens with zero attached hydrogens (tertiary/aromatic N) is 1. The number of carboxylic acids is 1. The second-order valence-electron chi connectivity index (χ2n) is 3.75. The van der Waals surface area contributed by atoms with E-state index in [2.05, 4.69) is 4.98 Å². The molecule has 1 aromatic heterocycles. The third kappa shape index (κ3) is 3.39. The summed E-state index contributed by atoms with van der Waals surface area (Å²) < 4.78 is 0. The molecule has 1 aromatic rings. The van der Waals surface area contributed by atoms with E-state index in [9.17, 15) is 15.0 Å². The van der Waals surface area contributed by atoms with Gasteiger partial charge in [-0.15, -0.1) is 11.6 Å². The predicted octanol–water partition coefficient (Wildman–Crippen LogP) is 1.11. The summed E-state index contributed by atoms with van der Waals surface area (Å²) in [5.41, 5.74) is 0.564. The topological polar surface area (TPSA) is 90.7 Å². The smallest absolute Gasteiger partial charge is 0.354 e. The normalized spacial score (nSPS) is 14.4. The third-order valence-corrected chi connectivity index (χ3v) is 2.56. The number of alkyl halides is 1. The Kier molecular flexibility index (Phi) is 4.86. The summed E-state index contributed by atoms with van der Waals surface area (Å²) in [5, 5.41) is 28.4. The highest BCUT2D eigenvalue weighted by atomic mass is 35.5. The zero-order chi connectivity index (χ0) is 13.0. The lowest BCUT2D eigenvalue weighted by Gasteiger charge is -2.18. The van der Waals surface area contributed by atoms with Crippen LogP contribution in [0.1, 0.15) is 34.1 Å². The van der Waals surface area contributed by atoms with Crippen LogP contribution in [0.25, 0.3) is 0 Å². The lowest BCUT2D eigenvalue weighted by Crippen LogP contribution is -2.22. The molecule has 2 atom stereocenters. The van der Waals surface area contributed by atoms with E-state index in [0.717, 1.165) is 0 Å². The summed E-state index contributed by atoms with van der Waals surface area (Å²) in [6, 6.07) is 1.50. The summed E-state index contributed by atoms with van der Waals surface area (Å²) in [5.74, 6) is -1.06. The molecule has 2 unspecified atom stereocenters. The molecular formula is C11H14ClNO4. The number of carboxylic acid groups (broad SMARTS) is 1. The fraction of sp³-hybridized carbons (Fsp3) is 0.455. The Balaban J connectivity index is 3.10. The number of aliphatic hydroxyl groups is 2. The first-order chi connectivity index (χ1) is 7.97. The quantitative estimate of drug-likeness (QED) is 0.689. The van der Waals surface area contributed by atoms with Gasteiger partial charge in [-0.3, -0.25) is 0 Å². The molecule has 0 aliphatic rings. The average Bonchev–Trinajstić information content (AvgIpc) is 2.27. The minimum atomic E-state index is -1.30. The summed E-state index contributed by atoms with van der Waals surface area (Å²) in [7, 11) is 0. The second kappa shape index (κ2) is 5.95. The van der Waals surface area contributed by atoms with Gasteiger partial charge in [0.1, 0.15) is 6.10 Å². The van der Waals surface area contributed by atoms with Crippen molar-refractivity contribution in [1.29, 1.82) is 0 Å². The number of hydrogen-bond acceptors (Lipinski definition) is 4. The van der Waals surface area contributed by atoms with Crippen molar-refractivity contribution in [2.75, 3.05) is 5.88 Å². The van der Waals surface area contributed by atoms with Crippen LogP contribution in [0.2, 0.25) is 0 Å². The van der Waals surface area contributed by atoms with E-state index < -0.39 is 18.2 Å². The number of aromatic carboxylic acids is 1. The van der Waals surface area contributed by atoms with Crippen molar-refractivity contribution < 1.29 is 20.1 Å². The van der Waals surface area contributed by atoms with Crippen molar-refractivity contribution in [1.82, 2.24) is 4.98 Å². The van der Waals surface area contributed by atoms with Crippen LogP contribution in [-0.4, -0.2) is 38.3 Å². The van der Waals surface area contributed by atoms with Crippen LogP contribution < -0.4 is 0 Å². The van der Waals surface area contributed by atoms with E-state index >= 15 is 0 Å². The Morgan fingerprint density at radius 3 is 2.71 bits per heavy atom. The number of halogens is 1. The van der Waals surface area contributed by atoms with Gasteiger partial charge in [-0.25, -0.2) is 9.78 Å². The molecule has 0 saturated heterocycles. The maximum atomic E-state index is 10.9. The molecule has 5 nitrogen and oxygen atoms in total. The molecule has 0 aliphatic carbocycles. The maximum Gasteiger partial charge on any atom is 0.354 e. The predicted molar refractivity (Wildman–Crippen MR) is 62.2 cm³/mol. The Morgan fingerprint density at radius 1 is 1.53 bits per heavy atom. The van der Waals surface area contributed by atoms with Gasteiger partial charge < -0.3 is 15.3 Å². The van der Waals surface area contributed by atoms with Crippen LogP contribution in [0.4, 0.5) is 0 Å². The summed E-state index contributed by atoms with van der Waals surface area (Å²) in [6.07, 6.45) is -0.829. The summed E-state index contributed by atoms with van der Waals surface area (Å²) >= 11 is 5.46. The van der Waals surface area contributed by atoms with E-state index in [1.54, 1.807) is 6.92 Å². The zero-order valence-corrected chi connectivity index (χ0v) is 10.1. The van der Waals surface area contributed by atoms with Gasteiger partial charge in [-0.2, -0.15) is 0 Å². The SMILES string of the molecule is Cc1cnc(C(=O)O)c(C(O)C(O)CCCl)c1. The van der Waals surface area contributed by atoms with E-state index in [1.165, 1.54) is 12.3 Å². The fourth-order valence-electron chi connectivity index (χ4n) is 1.47. The molecule has 1 rings (SSSR count). The molecule has 0 bridgehead atoms. The molecule has 1 heterocycles. The molecule has 0 aliphatic heterocycles. The minimum absolute atomic E-state index is 0.107. The van der Waals surface area contributed by atoms with Crippen LogP contribution in [0, 0.1) is 6.92 Å². The number of aryl methyl sites for hydroxylation is 1. The van der Waals surface area contributed by atoms with Crippen molar-refractivity contribution in [3.63, 3.8) is 0 Å². The molecule has 0 radical (unpaired) electrons. The molecule has 17 heavy (non-hydrogen) atoms. The summed E-state index contributed by atoms with van der Waals surface area (Å²) in [4.78, 5) is 14.7. The fourth-order valence-corrected chi connectivity index (χ4v) is 1.70. The number of aromatic nitrogens is 1. The van der Waals surface area contributed by atoms with Crippen LogP contribution in [0.5, 0.6) is 0 Å². The average molecular weight is 260 g/mol. The molecule has 3 N–H and O–H groups in total. The van der Waals surface area contributed by atoms with Gasteiger partial charge in [0.25, 0.3) is 0 Å². The lowest BCUT2D eigenvalue weighted by molar-refractivity contribution is 0.0157. The number of pyridine rings is 1. The highest BCUT2D eigenvalue weighted by molar-refractivity contribution is 6.17. The first-order valence-electron chi connectivity index (χ1n) is 5.09. The largest absolute Gasteiger partial charge is 0.477 e. The Labute approximate surface area is 104 Å². The highest BCUT2D eigenvalue weighted by Gasteiger charge is 2.24. The monoisotopic (exact) mass is 259 g/mol. The van der Waals surface area contributed by atoms with Gasteiger partial charge in [-0.1, -0.05) is 0 Å². The number of carbonyl (C=O) groups is 1. The van der Waals surface area contributed by atoms with Crippen LogP contribution >= 0.6 is 11.6 Å². The standard InChI is InChI=1S/C11H14ClNO4/c1-6-4-7(9(11(16)17)13-5-6)10(15)8(14)2-3-12/h4-5,8,10,14-15H,2-3H2,1H3,(H,16,17). The Hall–Kier alpha value is -1.17. The van der Waals surface area contributed by atoms with Crippen molar-refractivity contribution in [3.05, 3.63) is 29.1 Å². The summed E-state index contributed by atoms with van der Waals surface area (Å²) in [6.45, 7) is 1.72. The van der Waals surface area contributed by atoms with Gasteiger partial charge >= 0.3 is 5.97 Å². The van der Waals surface area contributed by atoms with Crippen LogP contribution in [-0.2, 0) is 0 Å². The molecule has 0 aromatic carbocycles.